The fourth-order valence-electron chi connectivity index (χ4n) is 4.36. The number of carbonyl (C=O) groups is 3. The second kappa shape index (κ2) is 9.99. The summed E-state index contributed by atoms with van der Waals surface area (Å²) in [6.07, 6.45) is -3.25. The number of Topliss-reactive ketones (excluding diaryl/α,β-unsaturated/α-hetero) is 2. The molecule has 4 rings (SSSR count). The third kappa shape index (κ3) is 5.27. The van der Waals surface area contributed by atoms with Crippen LogP contribution in [-0.4, -0.2) is 40.8 Å². The number of aliphatic hydroxyl groups excluding tert-OH is 1. The molecule has 2 bridgehead atoms. The molecule has 2 unspecified atom stereocenters. The van der Waals surface area contributed by atoms with Crippen LogP contribution in [0.2, 0.25) is 0 Å². The molecule has 2 aliphatic rings. The maximum absolute atomic E-state index is 13.2. The SMILES string of the molecule is O=C(OCCOCc1nc(C(F)(F)F)ccc1C(O)=C1C(=O)C2CCC(C2)C1=O)c1ccccc1. The highest BCUT2D eigenvalue weighted by Gasteiger charge is 2.45. The summed E-state index contributed by atoms with van der Waals surface area (Å²) in [6, 6.07) is 9.86. The van der Waals surface area contributed by atoms with E-state index in [1.807, 2.05) is 0 Å². The second-order valence-electron chi connectivity index (χ2n) is 8.40. The lowest BCUT2D eigenvalue weighted by Gasteiger charge is -2.21. The molecule has 2 saturated carbocycles. The van der Waals surface area contributed by atoms with Gasteiger partial charge < -0.3 is 14.6 Å². The molecule has 2 aromatic rings. The highest BCUT2D eigenvalue weighted by atomic mass is 19.4. The lowest BCUT2D eigenvalue weighted by atomic mass is 9.81. The number of hydrogen-bond donors (Lipinski definition) is 1. The van der Waals surface area contributed by atoms with E-state index in [2.05, 4.69) is 4.98 Å². The van der Waals surface area contributed by atoms with Crippen LogP contribution in [0.4, 0.5) is 13.2 Å². The molecule has 7 nitrogen and oxygen atoms in total. The van der Waals surface area contributed by atoms with Crippen LogP contribution in [0.25, 0.3) is 5.76 Å². The van der Waals surface area contributed by atoms with E-state index in [0.717, 1.165) is 6.07 Å². The van der Waals surface area contributed by atoms with Crippen molar-refractivity contribution in [3.63, 3.8) is 0 Å². The first-order valence-electron chi connectivity index (χ1n) is 11.1. The molecule has 1 N–H and O–H groups in total. The number of rotatable bonds is 7. The average molecular weight is 489 g/mol. The summed E-state index contributed by atoms with van der Waals surface area (Å²) in [6.45, 7) is -0.806. The monoisotopic (exact) mass is 489 g/mol. The predicted molar refractivity (Wildman–Crippen MR) is 116 cm³/mol. The number of benzene rings is 1. The van der Waals surface area contributed by atoms with E-state index in [1.54, 1.807) is 30.3 Å². The van der Waals surface area contributed by atoms with Gasteiger partial charge in [0, 0.05) is 17.4 Å². The van der Waals surface area contributed by atoms with Crippen molar-refractivity contribution in [2.75, 3.05) is 13.2 Å². The Morgan fingerprint density at radius 1 is 1.00 bits per heavy atom. The van der Waals surface area contributed by atoms with E-state index in [1.165, 1.54) is 0 Å². The Kier molecular flexibility index (Phi) is 7.02. The zero-order valence-corrected chi connectivity index (χ0v) is 18.5. The zero-order valence-electron chi connectivity index (χ0n) is 18.5. The van der Waals surface area contributed by atoms with Gasteiger partial charge in [-0.2, -0.15) is 13.2 Å². The normalized spacial score (nSPS) is 19.7. The number of aliphatic hydroxyl groups is 1. The summed E-state index contributed by atoms with van der Waals surface area (Å²) in [4.78, 5) is 40.9. The summed E-state index contributed by atoms with van der Waals surface area (Å²) >= 11 is 0. The summed E-state index contributed by atoms with van der Waals surface area (Å²) in [5, 5.41) is 10.8. The molecule has 2 atom stereocenters. The van der Waals surface area contributed by atoms with Crippen LogP contribution in [0.3, 0.4) is 0 Å². The molecule has 0 spiro atoms. The second-order valence-corrected chi connectivity index (χ2v) is 8.40. The first-order valence-corrected chi connectivity index (χ1v) is 11.1. The molecule has 0 aliphatic heterocycles. The number of aromatic nitrogens is 1. The lowest BCUT2D eigenvalue weighted by Crippen LogP contribution is -2.30. The minimum absolute atomic E-state index is 0.157. The zero-order chi connectivity index (χ0) is 25.2. The molecule has 0 radical (unpaired) electrons. The molecule has 0 amide bonds. The fraction of sp³-hybridized carbons (Fsp3) is 0.360. The van der Waals surface area contributed by atoms with Gasteiger partial charge in [-0.3, -0.25) is 9.59 Å². The van der Waals surface area contributed by atoms with Crippen molar-refractivity contribution in [2.45, 2.75) is 32.0 Å². The Labute approximate surface area is 198 Å². The topological polar surface area (TPSA) is 103 Å². The van der Waals surface area contributed by atoms with Gasteiger partial charge in [-0.25, -0.2) is 9.78 Å². The van der Waals surface area contributed by atoms with Crippen molar-refractivity contribution in [1.82, 2.24) is 4.98 Å². The van der Waals surface area contributed by atoms with Crippen molar-refractivity contribution in [1.29, 1.82) is 0 Å². The van der Waals surface area contributed by atoms with Gasteiger partial charge in [0.25, 0.3) is 0 Å². The van der Waals surface area contributed by atoms with Crippen LogP contribution in [0.1, 0.15) is 46.6 Å². The van der Waals surface area contributed by atoms with Gasteiger partial charge in [-0.1, -0.05) is 18.2 Å². The number of esters is 1. The van der Waals surface area contributed by atoms with Crippen molar-refractivity contribution >= 4 is 23.3 Å². The Morgan fingerprint density at radius 2 is 1.66 bits per heavy atom. The highest BCUT2D eigenvalue weighted by molar-refractivity contribution is 6.27. The standard InChI is InChI=1S/C25H22F3NO6/c26-25(27,28)19-9-8-17(23(32)20-21(30)15-6-7-16(12-15)22(20)31)18(29-19)13-34-10-11-35-24(33)14-4-2-1-3-5-14/h1-5,8-9,15-16,32H,6-7,10-13H2. The van der Waals surface area contributed by atoms with Gasteiger partial charge >= 0.3 is 12.1 Å². The van der Waals surface area contributed by atoms with Gasteiger partial charge in [0.05, 0.1) is 24.5 Å². The number of hydrogen-bond acceptors (Lipinski definition) is 7. The Morgan fingerprint density at radius 3 is 2.29 bits per heavy atom. The number of allylic oxidation sites excluding steroid dienone is 1. The molecule has 2 aliphatic carbocycles. The van der Waals surface area contributed by atoms with Crippen LogP contribution in [0.5, 0.6) is 0 Å². The molecular formula is C25H22F3NO6. The smallest absolute Gasteiger partial charge is 0.433 e. The number of ether oxygens (including phenoxy) is 2. The maximum atomic E-state index is 13.2. The van der Waals surface area contributed by atoms with E-state index in [9.17, 15) is 32.7 Å². The summed E-state index contributed by atoms with van der Waals surface area (Å²) in [7, 11) is 0. The predicted octanol–water partition coefficient (Wildman–Crippen LogP) is 4.31. The van der Waals surface area contributed by atoms with Gasteiger partial charge in [-0.05, 0) is 43.5 Å². The minimum Gasteiger partial charge on any atom is -0.506 e. The summed E-state index contributed by atoms with van der Waals surface area (Å²) < 4.78 is 50.1. The quantitative estimate of drug-likeness (QED) is 0.203. The Balaban J connectivity index is 1.51. The van der Waals surface area contributed by atoms with Crippen molar-refractivity contribution in [2.24, 2.45) is 11.8 Å². The largest absolute Gasteiger partial charge is 0.506 e. The third-order valence-corrected chi connectivity index (χ3v) is 6.13. The number of nitrogens with zero attached hydrogens (tertiary/aromatic N) is 1. The number of fused-ring (bicyclic) bond motifs is 2. The molecule has 1 heterocycles. The summed E-state index contributed by atoms with van der Waals surface area (Å²) in [5.74, 6) is -3.03. The molecule has 0 saturated heterocycles. The first kappa shape index (κ1) is 24.6. The first-order chi connectivity index (χ1) is 16.7. The van der Waals surface area contributed by atoms with Crippen LogP contribution in [0.15, 0.2) is 48.0 Å². The van der Waals surface area contributed by atoms with Crippen LogP contribution < -0.4 is 0 Å². The van der Waals surface area contributed by atoms with E-state index in [0.29, 0.717) is 30.9 Å². The van der Waals surface area contributed by atoms with Gasteiger partial charge in [0.2, 0.25) is 0 Å². The van der Waals surface area contributed by atoms with E-state index in [-0.39, 0.29) is 41.9 Å². The van der Waals surface area contributed by atoms with Crippen LogP contribution in [-0.2, 0) is 31.8 Å². The molecule has 1 aromatic heterocycles. The molecule has 10 heteroatoms. The van der Waals surface area contributed by atoms with E-state index in [4.69, 9.17) is 9.47 Å². The van der Waals surface area contributed by atoms with Gasteiger partial charge in [-0.15, -0.1) is 0 Å². The van der Waals surface area contributed by atoms with Gasteiger partial charge in [0.1, 0.15) is 23.6 Å². The number of pyridine rings is 1. The number of alkyl halides is 3. The molecule has 1 aromatic carbocycles. The maximum Gasteiger partial charge on any atom is 0.433 e. The fourth-order valence-corrected chi connectivity index (χ4v) is 4.36. The van der Waals surface area contributed by atoms with Crippen molar-refractivity contribution in [3.05, 3.63) is 70.6 Å². The van der Waals surface area contributed by atoms with Crippen molar-refractivity contribution in [3.8, 4) is 0 Å². The van der Waals surface area contributed by atoms with E-state index >= 15 is 0 Å². The molecule has 35 heavy (non-hydrogen) atoms. The molecule has 184 valence electrons. The minimum atomic E-state index is -4.75. The number of ketones is 2. The number of halogens is 3. The van der Waals surface area contributed by atoms with Crippen LogP contribution in [0, 0.1) is 11.8 Å². The van der Waals surface area contributed by atoms with E-state index < -0.39 is 41.8 Å². The average Bonchev–Trinajstić information content (AvgIpc) is 3.30. The molecular weight excluding hydrogens is 467 g/mol. The van der Waals surface area contributed by atoms with Crippen molar-refractivity contribution < 1.29 is 42.1 Å². The molecule has 2 fully saturated rings. The number of carbonyl (C=O) groups excluding carboxylic acids is 3. The Hall–Kier alpha value is -3.53. The lowest BCUT2D eigenvalue weighted by molar-refractivity contribution is -0.141. The summed E-state index contributed by atoms with van der Waals surface area (Å²) in [5.41, 5.74) is -1.74. The Bertz CT molecular complexity index is 1150. The highest BCUT2D eigenvalue weighted by Crippen LogP contribution is 2.42. The third-order valence-electron chi connectivity index (χ3n) is 6.13. The van der Waals surface area contributed by atoms with Crippen LogP contribution >= 0.6 is 0 Å². The van der Waals surface area contributed by atoms with Gasteiger partial charge in [0.15, 0.2) is 11.6 Å².